The molecular formula is C22H33N5. The van der Waals surface area contributed by atoms with E-state index < -0.39 is 0 Å². The van der Waals surface area contributed by atoms with Crippen LogP contribution in [0.25, 0.3) is 0 Å². The average Bonchev–Trinajstić information content (AvgIpc) is 2.99. The minimum absolute atomic E-state index is 0.600. The Hall–Kier alpha value is -1.85. The number of nitrogens with zero attached hydrogens (tertiary/aromatic N) is 4. The molecule has 0 aliphatic carbocycles. The van der Waals surface area contributed by atoms with Gasteiger partial charge >= 0.3 is 0 Å². The summed E-state index contributed by atoms with van der Waals surface area (Å²) in [6, 6.07) is 13.7. The van der Waals surface area contributed by atoms with Crippen molar-refractivity contribution in [3.05, 3.63) is 47.8 Å². The first kappa shape index (κ1) is 18.5. The Bertz CT molecular complexity index is 703. The maximum absolute atomic E-state index is 4.87. The number of hydrogen-bond donors (Lipinski definition) is 1. The zero-order valence-electron chi connectivity index (χ0n) is 16.6. The van der Waals surface area contributed by atoms with Crippen LogP contribution >= 0.6 is 0 Å². The van der Waals surface area contributed by atoms with Crippen molar-refractivity contribution in [2.45, 2.75) is 58.3 Å². The van der Waals surface area contributed by atoms with E-state index >= 15 is 0 Å². The van der Waals surface area contributed by atoms with Crippen molar-refractivity contribution in [2.24, 2.45) is 0 Å². The van der Waals surface area contributed by atoms with Crippen LogP contribution in [0, 0.1) is 0 Å². The van der Waals surface area contributed by atoms with Crippen molar-refractivity contribution in [3.63, 3.8) is 0 Å². The molecule has 0 unspecified atom stereocenters. The van der Waals surface area contributed by atoms with Crippen LogP contribution in [-0.4, -0.2) is 46.9 Å². The van der Waals surface area contributed by atoms with E-state index in [4.69, 9.17) is 5.10 Å². The zero-order chi connectivity index (χ0) is 18.5. The second-order valence-corrected chi connectivity index (χ2v) is 7.96. The van der Waals surface area contributed by atoms with Gasteiger partial charge in [-0.1, -0.05) is 25.1 Å². The Morgan fingerprint density at radius 3 is 2.67 bits per heavy atom. The van der Waals surface area contributed by atoms with Crippen molar-refractivity contribution in [2.75, 3.05) is 31.1 Å². The van der Waals surface area contributed by atoms with Crippen LogP contribution in [0.15, 0.2) is 36.4 Å². The first-order valence-corrected chi connectivity index (χ1v) is 10.6. The van der Waals surface area contributed by atoms with Gasteiger partial charge < -0.3 is 10.2 Å². The molecule has 0 saturated carbocycles. The summed E-state index contributed by atoms with van der Waals surface area (Å²) in [7, 11) is 0. The summed E-state index contributed by atoms with van der Waals surface area (Å²) in [6.07, 6.45) is 4.84. The molecule has 1 fully saturated rings. The highest BCUT2D eigenvalue weighted by molar-refractivity contribution is 5.46. The van der Waals surface area contributed by atoms with E-state index in [1.807, 2.05) is 0 Å². The van der Waals surface area contributed by atoms with Crippen molar-refractivity contribution in [1.82, 2.24) is 20.0 Å². The van der Waals surface area contributed by atoms with Gasteiger partial charge in [-0.2, -0.15) is 5.10 Å². The number of aromatic nitrogens is 2. The van der Waals surface area contributed by atoms with E-state index in [9.17, 15) is 0 Å². The summed E-state index contributed by atoms with van der Waals surface area (Å²) in [4.78, 5) is 5.07. The molecule has 5 heteroatoms. The molecule has 3 heterocycles. The van der Waals surface area contributed by atoms with E-state index in [2.05, 4.69) is 63.1 Å². The molecular weight excluding hydrogens is 334 g/mol. The van der Waals surface area contributed by atoms with Crippen LogP contribution in [0.3, 0.4) is 0 Å². The van der Waals surface area contributed by atoms with Gasteiger partial charge in [-0.15, -0.1) is 0 Å². The van der Waals surface area contributed by atoms with Gasteiger partial charge in [-0.3, -0.25) is 9.58 Å². The van der Waals surface area contributed by atoms with Gasteiger partial charge in [0.2, 0.25) is 0 Å². The minimum Gasteiger partial charge on any atom is -0.371 e. The van der Waals surface area contributed by atoms with E-state index in [1.54, 1.807) is 0 Å². The van der Waals surface area contributed by atoms with E-state index in [1.165, 1.54) is 55.8 Å². The number of para-hydroxylation sites is 1. The number of anilines is 1. The Kier molecular flexibility index (Phi) is 6.10. The lowest BCUT2D eigenvalue weighted by molar-refractivity contribution is 0.270. The molecule has 2 aliphatic rings. The van der Waals surface area contributed by atoms with Crippen molar-refractivity contribution in [1.29, 1.82) is 0 Å². The number of hydrogen-bond acceptors (Lipinski definition) is 4. The number of benzene rings is 1. The van der Waals surface area contributed by atoms with E-state index in [-0.39, 0.29) is 0 Å². The molecule has 0 amide bonds. The maximum atomic E-state index is 4.87. The molecule has 0 bridgehead atoms. The second kappa shape index (κ2) is 8.89. The summed E-state index contributed by atoms with van der Waals surface area (Å²) in [5.41, 5.74) is 3.94. The van der Waals surface area contributed by atoms with E-state index in [0.717, 1.165) is 32.7 Å². The molecule has 0 radical (unpaired) electrons. The van der Waals surface area contributed by atoms with Crippen LogP contribution in [0.4, 0.5) is 5.69 Å². The van der Waals surface area contributed by atoms with Gasteiger partial charge in [0.25, 0.3) is 0 Å². The maximum Gasteiger partial charge on any atom is 0.0765 e. The molecule has 27 heavy (non-hydrogen) atoms. The number of piperidine rings is 1. The summed E-state index contributed by atoms with van der Waals surface area (Å²) >= 11 is 0. The number of aryl methyl sites for hydroxylation is 1. The largest absolute Gasteiger partial charge is 0.371 e. The smallest absolute Gasteiger partial charge is 0.0765 e. The molecule has 0 atom stereocenters. The summed E-state index contributed by atoms with van der Waals surface area (Å²) in [6.45, 7) is 9.93. The van der Waals surface area contributed by atoms with Crippen LogP contribution in [0.2, 0.25) is 0 Å². The number of nitrogens with one attached hydrogen (secondary N) is 1. The minimum atomic E-state index is 0.600. The lowest BCUT2D eigenvalue weighted by atomic mass is 10.0. The third-order valence-electron chi connectivity index (χ3n) is 5.87. The molecule has 2 aromatic rings. The fourth-order valence-corrected chi connectivity index (χ4v) is 4.41. The molecule has 1 saturated heterocycles. The molecule has 146 valence electrons. The van der Waals surface area contributed by atoms with Gasteiger partial charge in [-0.25, -0.2) is 0 Å². The highest BCUT2D eigenvalue weighted by atomic mass is 15.3. The van der Waals surface area contributed by atoms with Gasteiger partial charge in [0.05, 0.1) is 11.4 Å². The summed E-state index contributed by atoms with van der Waals surface area (Å²) < 4.78 is 2.24. The van der Waals surface area contributed by atoms with Crippen LogP contribution in [0.1, 0.15) is 44.0 Å². The third-order valence-corrected chi connectivity index (χ3v) is 5.87. The first-order valence-electron chi connectivity index (χ1n) is 10.6. The Morgan fingerprint density at radius 2 is 1.89 bits per heavy atom. The van der Waals surface area contributed by atoms with Gasteiger partial charge in [0, 0.05) is 51.0 Å². The Labute approximate surface area is 163 Å². The lowest BCUT2D eigenvalue weighted by Crippen LogP contribution is -2.42. The zero-order valence-corrected chi connectivity index (χ0v) is 16.6. The molecule has 1 aromatic heterocycles. The molecule has 2 aliphatic heterocycles. The summed E-state index contributed by atoms with van der Waals surface area (Å²) in [5.74, 6) is 0. The third kappa shape index (κ3) is 4.71. The highest BCUT2D eigenvalue weighted by Crippen LogP contribution is 2.20. The van der Waals surface area contributed by atoms with Crippen molar-refractivity contribution in [3.8, 4) is 0 Å². The molecule has 0 spiro atoms. The number of fused-ring (bicyclic) bond motifs is 1. The fourth-order valence-electron chi connectivity index (χ4n) is 4.41. The Balaban J connectivity index is 1.27. The SMILES string of the molecule is CCCN1CCCn2nc(CNC3CCN(c4ccccc4)CC3)cc2C1. The standard InChI is InChI=1S/C22H33N5/c1-2-11-25-12-6-13-27-22(18-25)16-20(24-27)17-23-19-9-14-26(15-10-19)21-7-4-3-5-8-21/h3-5,7-8,16,19,23H,2,6,9-15,17-18H2,1H3. The number of rotatable bonds is 6. The summed E-state index contributed by atoms with van der Waals surface area (Å²) in [5, 5.41) is 8.62. The fraction of sp³-hybridized carbons (Fsp3) is 0.591. The van der Waals surface area contributed by atoms with Crippen molar-refractivity contribution < 1.29 is 0 Å². The normalized spacial score (nSPS) is 19.1. The van der Waals surface area contributed by atoms with Crippen molar-refractivity contribution >= 4 is 5.69 Å². The predicted molar refractivity (Wildman–Crippen MR) is 111 cm³/mol. The first-order chi connectivity index (χ1) is 13.3. The topological polar surface area (TPSA) is 36.3 Å². The highest BCUT2D eigenvalue weighted by Gasteiger charge is 2.20. The van der Waals surface area contributed by atoms with Gasteiger partial charge in [-0.05, 0) is 50.4 Å². The quantitative estimate of drug-likeness (QED) is 0.850. The van der Waals surface area contributed by atoms with Crippen LogP contribution in [0.5, 0.6) is 0 Å². The lowest BCUT2D eigenvalue weighted by Gasteiger charge is -2.34. The predicted octanol–water partition coefficient (Wildman–Crippen LogP) is 3.26. The monoisotopic (exact) mass is 367 g/mol. The second-order valence-electron chi connectivity index (χ2n) is 7.96. The molecule has 1 aromatic carbocycles. The molecule has 5 nitrogen and oxygen atoms in total. The van der Waals surface area contributed by atoms with Crippen LogP contribution in [-0.2, 0) is 19.6 Å². The molecule has 1 N–H and O–H groups in total. The van der Waals surface area contributed by atoms with Gasteiger partial charge in [0.15, 0.2) is 0 Å². The van der Waals surface area contributed by atoms with Crippen LogP contribution < -0.4 is 10.2 Å². The Morgan fingerprint density at radius 1 is 1.07 bits per heavy atom. The van der Waals surface area contributed by atoms with Gasteiger partial charge in [0.1, 0.15) is 0 Å². The average molecular weight is 368 g/mol. The van der Waals surface area contributed by atoms with E-state index in [0.29, 0.717) is 6.04 Å². The molecule has 4 rings (SSSR count).